The molecule has 0 spiro atoms. The summed E-state index contributed by atoms with van der Waals surface area (Å²) in [6, 6.07) is 5.15. The third-order valence-corrected chi connectivity index (χ3v) is 3.54. The molecule has 0 aliphatic heterocycles. The number of hydrogen-bond acceptors (Lipinski definition) is 2. The van der Waals surface area contributed by atoms with Crippen LogP contribution in [0.4, 0.5) is 0 Å². The largest absolute Gasteiger partial charge is 0.330 e. The van der Waals surface area contributed by atoms with Crippen molar-refractivity contribution in [3.8, 4) is 0 Å². The summed E-state index contributed by atoms with van der Waals surface area (Å²) in [6.45, 7) is 5.16. The summed E-state index contributed by atoms with van der Waals surface area (Å²) in [4.78, 5) is 4.75. The van der Waals surface area contributed by atoms with Gasteiger partial charge in [0.1, 0.15) is 5.82 Å². The van der Waals surface area contributed by atoms with E-state index in [2.05, 4.69) is 42.9 Å². The van der Waals surface area contributed by atoms with E-state index in [-0.39, 0.29) is 0 Å². The van der Waals surface area contributed by atoms with Gasteiger partial charge in [-0.1, -0.05) is 6.07 Å². The lowest BCUT2D eigenvalue weighted by Gasteiger charge is -2.03. The Morgan fingerprint density at radius 3 is 2.82 bits per heavy atom. The van der Waals surface area contributed by atoms with E-state index >= 15 is 0 Å². The van der Waals surface area contributed by atoms with E-state index in [1.807, 2.05) is 0 Å². The molecule has 1 aromatic carbocycles. The van der Waals surface area contributed by atoms with E-state index in [0.717, 1.165) is 23.9 Å². The SMILES string of the molecule is Cc1cc(C)c2nc(CNC3CC3)n(C)c2c1. The standard InChI is InChI=1S/C14H19N3/c1-9-6-10(2)14-12(7-9)17(3)13(16-14)8-15-11-4-5-11/h6-7,11,15H,4-5,8H2,1-3H3. The van der Waals surface area contributed by atoms with Gasteiger partial charge < -0.3 is 9.88 Å². The molecule has 2 aromatic rings. The van der Waals surface area contributed by atoms with Crippen LogP contribution in [0, 0.1) is 13.8 Å². The van der Waals surface area contributed by atoms with Crippen molar-refractivity contribution in [2.24, 2.45) is 7.05 Å². The Kier molecular flexibility index (Phi) is 2.44. The van der Waals surface area contributed by atoms with Gasteiger partial charge in [0.2, 0.25) is 0 Å². The average molecular weight is 229 g/mol. The van der Waals surface area contributed by atoms with E-state index in [1.54, 1.807) is 0 Å². The maximum atomic E-state index is 4.75. The number of fused-ring (bicyclic) bond motifs is 1. The van der Waals surface area contributed by atoms with Crippen LogP contribution in [-0.2, 0) is 13.6 Å². The Morgan fingerprint density at radius 2 is 2.12 bits per heavy atom. The molecule has 0 saturated heterocycles. The summed E-state index contributed by atoms with van der Waals surface area (Å²) in [5.41, 5.74) is 4.97. The molecule has 1 fully saturated rings. The minimum absolute atomic E-state index is 0.734. The minimum Gasteiger partial charge on any atom is -0.330 e. The second kappa shape index (κ2) is 3.84. The summed E-state index contributed by atoms with van der Waals surface area (Å²) in [7, 11) is 2.11. The number of rotatable bonds is 3. The van der Waals surface area contributed by atoms with Crippen LogP contribution in [0.25, 0.3) is 11.0 Å². The fourth-order valence-electron chi connectivity index (χ4n) is 2.36. The number of imidazole rings is 1. The monoisotopic (exact) mass is 229 g/mol. The Labute approximate surface area is 102 Å². The van der Waals surface area contributed by atoms with Crippen molar-refractivity contribution in [2.45, 2.75) is 39.3 Å². The predicted octanol–water partition coefficient (Wildman–Crippen LogP) is 2.44. The van der Waals surface area contributed by atoms with E-state index in [9.17, 15) is 0 Å². The molecule has 3 heteroatoms. The van der Waals surface area contributed by atoms with E-state index in [0.29, 0.717) is 0 Å². The third kappa shape index (κ3) is 1.95. The Balaban J connectivity index is 2.01. The van der Waals surface area contributed by atoms with Crippen molar-refractivity contribution in [3.63, 3.8) is 0 Å². The van der Waals surface area contributed by atoms with Crippen LogP contribution < -0.4 is 5.32 Å². The third-order valence-electron chi connectivity index (χ3n) is 3.54. The van der Waals surface area contributed by atoms with Crippen molar-refractivity contribution in [1.82, 2.24) is 14.9 Å². The zero-order valence-corrected chi connectivity index (χ0v) is 10.7. The highest BCUT2D eigenvalue weighted by Crippen LogP contribution is 2.22. The Morgan fingerprint density at radius 1 is 1.35 bits per heavy atom. The molecule has 3 nitrogen and oxygen atoms in total. The van der Waals surface area contributed by atoms with Crippen LogP contribution >= 0.6 is 0 Å². The number of nitrogens with one attached hydrogen (secondary N) is 1. The minimum atomic E-state index is 0.734. The van der Waals surface area contributed by atoms with Gasteiger partial charge in [-0.3, -0.25) is 0 Å². The summed E-state index contributed by atoms with van der Waals surface area (Å²) in [5.74, 6) is 1.14. The molecule has 0 radical (unpaired) electrons. The molecule has 17 heavy (non-hydrogen) atoms. The zero-order chi connectivity index (χ0) is 12.0. The Hall–Kier alpha value is -1.35. The highest BCUT2D eigenvalue weighted by atomic mass is 15.1. The van der Waals surface area contributed by atoms with Crippen LogP contribution in [0.1, 0.15) is 29.8 Å². The quantitative estimate of drug-likeness (QED) is 0.876. The van der Waals surface area contributed by atoms with Gasteiger partial charge in [-0.2, -0.15) is 0 Å². The highest BCUT2D eigenvalue weighted by molar-refractivity contribution is 5.80. The fraction of sp³-hybridized carbons (Fsp3) is 0.500. The first-order valence-electron chi connectivity index (χ1n) is 6.31. The number of hydrogen-bond donors (Lipinski definition) is 1. The van der Waals surface area contributed by atoms with Crippen molar-refractivity contribution in [3.05, 3.63) is 29.1 Å². The zero-order valence-electron chi connectivity index (χ0n) is 10.7. The van der Waals surface area contributed by atoms with Crippen molar-refractivity contribution in [2.75, 3.05) is 0 Å². The number of aromatic nitrogens is 2. The van der Waals surface area contributed by atoms with Crippen molar-refractivity contribution < 1.29 is 0 Å². The number of benzene rings is 1. The lowest BCUT2D eigenvalue weighted by atomic mass is 10.1. The summed E-state index contributed by atoms with van der Waals surface area (Å²) >= 11 is 0. The van der Waals surface area contributed by atoms with Crippen LogP contribution in [0.3, 0.4) is 0 Å². The fourth-order valence-corrected chi connectivity index (χ4v) is 2.36. The van der Waals surface area contributed by atoms with E-state index in [1.165, 1.54) is 29.5 Å². The molecule has 3 rings (SSSR count). The normalized spacial score (nSPS) is 15.7. The Bertz CT molecular complexity index is 564. The summed E-state index contributed by atoms with van der Waals surface area (Å²) in [5, 5.41) is 3.53. The average Bonchev–Trinajstić information content (AvgIpc) is 3.04. The summed E-state index contributed by atoms with van der Waals surface area (Å²) < 4.78 is 2.21. The van der Waals surface area contributed by atoms with Gasteiger partial charge in [-0.15, -0.1) is 0 Å². The molecule has 0 amide bonds. The molecular weight excluding hydrogens is 210 g/mol. The van der Waals surface area contributed by atoms with Gasteiger partial charge in [0.15, 0.2) is 0 Å². The van der Waals surface area contributed by atoms with Gasteiger partial charge in [0.25, 0.3) is 0 Å². The smallest absolute Gasteiger partial charge is 0.123 e. The van der Waals surface area contributed by atoms with Gasteiger partial charge >= 0.3 is 0 Å². The first-order valence-corrected chi connectivity index (χ1v) is 6.31. The molecule has 1 N–H and O–H groups in total. The van der Waals surface area contributed by atoms with Gasteiger partial charge in [-0.05, 0) is 43.9 Å². The first kappa shape index (κ1) is 10.8. The molecule has 1 aliphatic rings. The maximum Gasteiger partial charge on any atom is 0.123 e. The van der Waals surface area contributed by atoms with Crippen molar-refractivity contribution >= 4 is 11.0 Å². The van der Waals surface area contributed by atoms with Gasteiger partial charge in [-0.25, -0.2) is 4.98 Å². The van der Waals surface area contributed by atoms with Crippen LogP contribution in [0.5, 0.6) is 0 Å². The molecule has 1 heterocycles. The molecule has 0 unspecified atom stereocenters. The molecule has 0 bridgehead atoms. The second-order valence-electron chi connectivity index (χ2n) is 5.19. The molecule has 1 saturated carbocycles. The number of nitrogens with zero attached hydrogens (tertiary/aromatic N) is 2. The lowest BCUT2D eigenvalue weighted by Crippen LogP contribution is -2.18. The van der Waals surface area contributed by atoms with Crippen LogP contribution in [-0.4, -0.2) is 15.6 Å². The maximum absolute atomic E-state index is 4.75. The lowest BCUT2D eigenvalue weighted by molar-refractivity contribution is 0.639. The van der Waals surface area contributed by atoms with E-state index < -0.39 is 0 Å². The predicted molar refractivity (Wildman–Crippen MR) is 70.0 cm³/mol. The molecule has 90 valence electrons. The second-order valence-corrected chi connectivity index (χ2v) is 5.19. The molecular formula is C14H19N3. The molecule has 1 aromatic heterocycles. The molecule has 0 atom stereocenters. The van der Waals surface area contributed by atoms with Gasteiger partial charge in [0.05, 0.1) is 17.6 Å². The van der Waals surface area contributed by atoms with E-state index in [4.69, 9.17) is 4.98 Å². The topological polar surface area (TPSA) is 29.9 Å². The van der Waals surface area contributed by atoms with Gasteiger partial charge in [0, 0.05) is 13.1 Å². The van der Waals surface area contributed by atoms with Crippen LogP contribution in [0.15, 0.2) is 12.1 Å². The first-order chi connectivity index (χ1) is 8.15. The number of aryl methyl sites for hydroxylation is 3. The molecule has 1 aliphatic carbocycles. The summed E-state index contributed by atoms with van der Waals surface area (Å²) in [6.07, 6.45) is 2.64. The van der Waals surface area contributed by atoms with Crippen LogP contribution in [0.2, 0.25) is 0 Å². The highest BCUT2D eigenvalue weighted by Gasteiger charge is 2.21. The van der Waals surface area contributed by atoms with Crippen molar-refractivity contribution in [1.29, 1.82) is 0 Å².